The van der Waals surface area contributed by atoms with Gasteiger partial charge in [0.15, 0.2) is 5.82 Å². The van der Waals surface area contributed by atoms with Gasteiger partial charge in [0.1, 0.15) is 0 Å². The Labute approximate surface area is 321 Å². The monoisotopic (exact) mass is 717 g/mol. The van der Waals surface area contributed by atoms with Gasteiger partial charge in [-0.2, -0.15) is 0 Å². The van der Waals surface area contributed by atoms with Gasteiger partial charge in [0.2, 0.25) is 0 Å². The molecule has 3 heterocycles. The minimum atomic E-state index is 0.694. The molecule has 0 saturated carbocycles. The summed E-state index contributed by atoms with van der Waals surface area (Å²) in [5.74, 6) is 0.694. The Balaban J connectivity index is 1.08. The molecule has 0 aliphatic heterocycles. The molecule has 256 valence electrons. The predicted molar refractivity (Wildman–Crippen MR) is 232 cm³/mol. The zero-order valence-electron chi connectivity index (χ0n) is 29.6. The average molecular weight is 718 g/mol. The van der Waals surface area contributed by atoms with E-state index in [1.54, 1.807) is 0 Å². The van der Waals surface area contributed by atoms with Crippen LogP contribution in [0.25, 0.3) is 109 Å². The summed E-state index contributed by atoms with van der Waals surface area (Å²) in [6, 6.07) is 66.6. The Morgan fingerprint density at radius 2 is 0.964 bits per heavy atom. The molecule has 11 aromatic rings. The fraction of sp³-hybridized carbons (Fsp3) is 0. The fourth-order valence-electron chi connectivity index (χ4n) is 8.00. The molecule has 0 saturated heterocycles. The number of rotatable bonds is 5. The maximum atomic E-state index is 5.27. The van der Waals surface area contributed by atoms with Gasteiger partial charge in [0.25, 0.3) is 0 Å². The van der Waals surface area contributed by atoms with E-state index >= 15 is 0 Å². The van der Waals surface area contributed by atoms with Crippen LogP contribution in [-0.4, -0.2) is 15.0 Å². The van der Waals surface area contributed by atoms with Crippen molar-refractivity contribution in [2.45, 2.75) is 0 Å². The summed E-state index contributed by atoms with van der Waals surface area (Å²) in [6.45, 7) is 0. The number of fused-ring (bicyclic) bond motifs is 8. The minimum Gasteiger partial charge on any atom is -0.247 e. The van der Waals surface area contributed by atoms with Crippen molar-refractivity contribution in [3.63, 3.8) is 0 Å². The molecule has 0 N–H and O–H groups in total. The summed E-state index contributed by atoms with van der Waals surface area (Å²) in [5.41, 5.74) is 10.3. The molecule has 0 atom stereocenters. The molecule has 8 aromatic carbocycles. The molecule has 0 bridgehead atoms. The van der Waals surface area contributed by atoms with Crippen LogP contribution in [0.5, 0.6) is 0 Å². The van der Waals surface area contributed by atoms with E-state index in [4.69, 9.17) is 15.0 Å². The molecule has 4 heteroatoms. The van der Waals surface area contributed by atoms with E-state index in [2.05, 4.69) is 182 Å². The van der Waals surface area contributed by atoms with Crippen molar-refractivity contribution in [1.82, 2.24) is 15.0 Å². The number of pyridine rings is 1. The van der Waals surface area contributed by atoms with Gasteiger partial charge in [0, 0.05) is 47.8 Å². The third-order valence-corrected chi connectivity index (χ3v) is 11.9. The van der Waals surface area contributed by atoms with E-state index < -0.39 is 0 Å². The van der Waals surface area contributed by atoms with Crippen LogP contribution in [0.3, 0.4) is 0 Å². The van der Waals surface area contributed by atoms with E-state index in [1.807, 2.05) is 17.4 Å². The third-order valence-electron chi connectivity index (χ3n) is 10.7. The number of hydrogen-bond acceptors (Lipinski definition) is 4. The summed E-state index contributed by atoms with van der Waals surface area (Å²) in [7, 11) is 0. The molecule has 0 unspecified atom stereocenters. The predicted octanol–water partition coefficient (Wildman–Crippen LogP) is 14.0. The molecule has 55 heavy (non-hydrogen) atoms. The van der Waals surface area contributed by atoms with Gasteiger partial charge >= 0.3 is 0 Å². The first kappa shape index (κ1) is 31.5. The van der Waals surface area contributed by atoms with Gasteiger partial charge in [-0.3, -0.25) is 0 Å². The number of para-hydroxylation sites is 1. The summed E-state index contributed by atoms with van der Waals surface area (Å²) in [6.07, 6.45) is 0. The Bertz CT molecular complexity index is 3240. The zero-order chi connectivity index (χ0) is 36.3. The summed E-state index contributed by atoms with van der Waals surface area (Å²) in [5, 5.41) is 8.55. The van der Waals surface area contributed by atoms with Crippen LogP contribution < -0.4 is 0 Å². The Hall–Kier alpha value is -7.01. The number of thiophene rings is 1. The van der Waals surface area contributed by atoms with Crippen LogP contribution in [0.15, 0.2) is 188 Å². The first-order valence-electron chi connectivity index (χ1n) is 18.5. The van der Waals surface area contributed by atoms with Gasteiger partial charge in [-0.05, 0) is 63.0 Å². The summed E-state index contributed by atoms with van der Waals surface area (Å²) < 4.78 is 2.48. The lowest BCUT2D eigenvalue weighted by Crippen LogP contribution is -1.96. The van der Waals surface area contributed by atoms with Gasteiger partial charge in [-0.1, -0.05) is 158 Å². The second-order valence-electron chi connectivity index (χ2n) is 14.0. The molecule has 3 nitrogen and oxygen atoms in total. The molecule has 0 aliphatic carbocycles. The molecule has 0 spiro atoms. The highest BCUT2D eigenvalue weighted by Gasteiger charge is 2.18. The smallest absolute Gasteiger partial charge is 0.160 e. The largest absolute Gasteiger partial charge is 0.247 e. The molecule has 0 amide bonds. The maximum Gasteiger partial charge on any atom is 0.160 e. The standard InChI is InChI=1S/C51H31N3S/c1-3-13-33(14-4-1)45-31-46(37-27-28-47-43(30-37)48-49(34-15-5-2-6-16-34)52-44-22-12-11-21-41(44)50(48)55-47)54-51(53-45)35-25-23-32(24-26-35)42-29-36-17-7-8-18-38(36)39-19-9-10-20-40(39)42/h1-31H. The lowest BCUT2D eigenvalue weighted by molar-refractivity contribution is 1.18. The van der Waals surface area contributed by atoms with Crippen LogP contribution in [0, 0.1) is 0 Å². The average Bonchev–Trinajstić information content (AvgIpc) is 3.66. The molecular weight excluding hydrogens is 687 g/mol. The van der Waals surface area contributed by atoms with Gasteiger partial charge < -0.3 is 0 Å². The molecular formula is C51H31N3S. The fourth-order valence-corrected chi connectivity index (χ4v) is 9.22. The SMILES string of the molecule is c1ccc(-c2cc(-c3ccc4sc5c6ccccc6nc(-c6ccccc6)c5c4c3)nc(-c3ccc(-c4cc5ccccc5c5ccccc45)cc3)n2)cc1. The quantitative estimate of drug-likeness (QED) is 0.166. The molecule has 11 rings (SSSR count). The topological polar surface area (TPSA) is 38.7 Å². The van der Waals surface area contributed by atoms with E-state index in [0.717, 1.165) is 50.4 Å². The van der Waals surface area contributed by atoms with Crippen molar-refractivity contribution < 1.29 is 0 Å². The van der Waals surface area contributed by atoms with Crippen LogP contribution >= 0.6 is 11.3 Å². The number of benzene rings is 8. The second kappa shape index (κ2) is 12.8. The van der Waals surface area contributed by atoms with E-state index in [1.165, 1.54) is 52.7 Å². The van der Waals surface area contributed by atoms with E-state index in [9.17, 15) is 0 Å². The van der Waals surface area contributed by atoms with Crippen LogP contribution in [-0.2, 0) is 0 Å². The highest BCUT2D eigenvalue weighted by molar-refractivity contribution is 7.26. The minimum absolute atomic E-state index is 0.694. The lowest BCUT2D eigenvalue weighted by Gasteiger charge is -2.12. The van der Waals surface area contributed by atoms with Gasteiger partial charge in [-0.15, -0.1) is 11.3 Å². The highest BCUT2D eigenvalue weighted by atomic mass is 32.1. The maximum absolute atomic E-state index is 5.27. The summed E-state index contributed by atoms with van der Waals surface area (Å²) in [4.78, 5) is 15.7. The Morgan fingerprint density at radius 3 is 1.75 bits per heavy atom. The molecule has 0 aliphatic rings. The van der Waals surface area contributed by atoms with Crippen LogP contribution in [0.2, 0.25) is 0 Å². The van der Waals surface area contributed by atoms with Crippen molar-refractivity contribution in [2.24, 2.45) is 0 Å². The van der Waals surface area contributed by atoms with Crippen molar-refractivity contribution in [3.8, 4) is 56.3 Å². The Morgan fingerprint density at radius 1 is 0.364 bits per heavy atom. The first-order chi connectivity index (χ1) is 27.2. The van der Waals surface area contributed by atoms with E-state index in [-0.39, 0.29) is 0 Å². The molecule has 3 aromatic heterocycles. The number of aromatic nitrogens is 3. The first-order valence-corrected chi connectivity index (χ1v) is 19.3. The zero-order valence-corrected chi connectivity index (χ0v) is 30.5. The molecule has 0 radical (unpaired) electrons. The van der Waals surface area contributed by atoms with Crippen LogP contribution in [0.1, 0.15) is 0 Å². The number of nitrogens with zero attached hydrogens (tertiary/aromatic N) is 3. The third kappa shape index (κ3) is 5.38. The van der Waals surface area contributed by atoms with Crippen molar-refractivity contribution in [2.75, 3.05) is 0 Å². The number of hydrogen-bond donors (Lipinski definition) is 0. The second-order valence-corrected chi connectivity index (χ2v) is 15.0. The van der Waals surface area contributed by atoms with Crippen molar-refractivity contribution in [1.29, 1.82) is 0 Å². The summed E-state index contributed by atoms with van der Waals surface area (Å²) >= 11 is 1.83. The van der Waals surface area contributed by atoms with Gasteiger partial charge in [-0.25, -0.2) is 15.0 Å². The highest BCUT2D eigenvalue weighted by Crippen LogP contribution is 2.44. The van der Waals surface area contributed by atoms with Crippen molar-refractivity contribution >= 4 is 64.0 Å². The van der Waals surface area contributed by atoms with E-state index in [0.29, 0.717) is 5.82 Å². The molecule has 0 fully saturated rings. The van der Waals surface area contributed by atoms with Crippen molar-refractivity contribution in [3.05, 3.63) is 188 Å². The normalized spacial score (nSPS) is 11.6. The lowest BCUT2D eigenvalue weighted by atomic mass is 9.93. The van der Waals surface area contributed by atoms with Gasteiger partial charge in [0.05, 0.1) is 22.6 Å². The van der Waals surface area contributed by atoms with Crippen LogP contribution in [0.4, 0.5) is 0 Å². The Kier molecular flexibility index (Phi) is 7.35.